The number of benzene rings is 2. The van der Waals surface area contributed by atoms with Crippen molar-refractivity contribution in [2.75, 3.05) is 0 Å². The van der Waals surface area contributed by atoms with Crippen molar-refractivity contribution in [3.63, 3.8) is 0 Å². The molecule has 0 radical (unpaired) electrons. The summed E-state index contributed by atoms with van der Waals surface area (Å²) in [5, 5.41) is 11.5. The molecule has 0 saturated carbocycles. The summed E-state index contributed by atoms with van der Waals surface area (Å²) in [7, 11) is 0. The number of rotatable bonds is 6. The van der Waals surface area contributed by atoms with Crippen LogP contribution in [0.15, 0.2) is 48.5 Å². The smallest absolute Gasteiger partial charge is 0.274 e. The van der Waals surface area contributed by atoms with Crippen molar-refractivity contribution in [1.82, 2.24) is 15.7 Å². The lowest BCUT2D eigenvalue weighted by Crippen LogP contribution is -2.49. The van der Waals surface area contributed by atoms with Gasteiger partial charge >= 0.3 is 0 Å². The summed E-state index contributed by atoms with van der Waals surface area (Å²) in [5.74, 6) is -0.978. The molecule has 146 valence electrons. The predicted molar refractivity (Wildman–Crippen MR) is 102 cm³/mol. The first-order valence-corrected chi connectivity index (χ1v) is 9.12. The highest BCUT2D eigenvalue weighted by Crippen LogP contribution is 2.27. The number of carbonyl (C=O) groups is 3. The maximum absolute atomic E-state index is 12.9. The molecule has 3 N–H and O–H groups in total. The zero-order valence-corrected chi connectivity index (χ0v) is 15.8. The molecule has 0 bridgehead atoms. The van der Waals surface area contributed by atoms with Gasteiger partial charge in [0.1, 0.15) is 6.04 Å². The molecule has 7 nitrogen and oxygen atoms in total. The van der Waals surface area contributed by atoms with Gasteiger partial charge in [-0.25, -0.2) is 5.48 Å². The number of hydroxylamine groups is 1. The molecule has 1 aliphatic heterocycles. The molecule has 0 fully saturated rings. The number of nitrogens with one attached hydrogen (secondary N) is 2. The Bertz CT molecular complexity index is 893. The highest BCUT2D eigenvalue weighted by molar-refractivity contribution is 6.01. The van der Waals surface area contributed by atoms with E-state index in [4.69, 9.17) is 5.21 Å². The minimum atomic E-state index is -0.595. The zero-order valence-electron chi connectivity index (χ0n) is 15.8. The lowest BCUT2D eigenvalue weighted by molar-refractivity contribution is -0.127. The monoisotopic (exact) mass is 381 g/mol. The molecule has 0 spiro atoms. The van der Waals surface area contributed by atoms with E-state index in [1.165, 1.54) is 0 Å². The lowest BCUT2D eigenvalue weighted by atomic mass is 10.0. The van der Waals surface area contributed by atoms with Gasteiger partial charge in [0.25, 0.3) is 11.8 Å². The third kappa shape index (κ3) is 3.89. The summed E-state index contributed by atoms with van der Waals surface area (Å²) in [5.41, 5.74) is 4.29. The lowest BCUT2D eigenvalue weighted by Gasteiger charge is -2.30. The third-order valence-corrected chi connectivity index (χ3v) is 4.87. The molecule has 7 heteroatoms. The molecule has 1 atom stereocenters. The fraction of sp³-hybridized carbons (Fsp3) is 0.286. The highest BCUT2D eigenvalue weighted by atomic mass is 16.5. The van der Waals surface area contributed by atoms with E-state index in [0.29, 0.717) is 17.7 Å². The van der Waals surface area contributed by atoms with E-state index in [9.17, 15) is 14.4 Å². The first kappa shape index (κ1) is 19.6. The van der Waals surface area contributed by atoms with Crippen molar-refractivity contribution in [1.29, 1.82) is 0 Å². The largest absolute Gasteiger partial charge is 0.350 e. The average molecular weight is 381 g/mol. The molecule has 2 aromatic carbocycles. The fourth-order valence-corrected chi connectivity index (χ4v) is 3.44. The second-order valence-corrected chi connectivity index (χ2v) is 7.13. The Morgan fingerprint density at radius 2 is 1.79 bits per heavy atom. The topological polar surface area (TPSA) is 98.7 Å². The Labute approximate surface area is 163 Å². The second kappa shape index (κ2) is 8.22. The molecule has 3 rings (SSSR count). The van der Waals surface area contributed by atoms with Crippen LogP contribution in [0.4, 0.5) is 0 Å². The average Bonchev–Trinajstić information content (AvgIpc) is 3.02. The van der Waals surface area contributed by atoms with E-state index in [-0.39, 0.29) is 24.3 Å². The van der Waals surface area contributed by atoms with Gasteiger partial charge in [0.15, 0.2) is 0 Å². The minimum absolute atomic E-state index is 0.0473. The van der Waals surface area contributed by atoms with Gasteiger partial charge in [-0.1, -0.05) is 44.2 Å². The molecule has 1 aliphatic rings. The SMILES string of the molecule is CC(C)[C@H](C(=O)NCc1ccc(C(=O)NO)cc1)N1Cc2ccccc2C1=O. The van der Waals surface area contributed by atoms with Gasteiger partial charge in [-0.3, -0.25) is 19.6 Å². The number of carbonyl (C=O) groups excluding carboxylic acids is 3. The predicted octanol–water partition coefficient (Wildman–Crippen LogP) is 2.10. The van der Waals surface area contributed by atoms with Crippen molar-refractivity contribution < 1.29 is 19.6 Å². The van der Waals surface area contributed by atoms with E-state index >= 15 is 0 Å². The van der Waals surface area contributed by atoms with Crippen LogP contribution >= 0.6 is 0 Å². The summed E-state index contributed by atoms with van der Waals surface area (Å²) in [4.78, 5) is 38.6. The number of hydrogen-bond acceptors (Lipinski definition) is 4. The fourth-order valence-electron chi connectivity index (χ4n) is 3.44. The summed E-state index contributed by atoms with van der Waals surface area (Å²) < 4.78 is 0. The van der Waals surface area contributed by atoms with Gasteiger partial charge in [-0.05, 0) is 35.2 Å². The van der Waals surface area contributed by atoms with E-state index in [1.807, 2.05) is 32.0 Å². The Balaban J connectivity index is 1.68. The van der Waals surface area contributed by atoms with Crippen molar-refractivity contribution >= 4 is 17.7 Å². The van der Waals surface area contributed by atoms with Gasteiger partial charge < -0.3 is 10.2 Å². The van der Waals surface area contributed by atoms with Crippen molar-refractivity contribution in [3.05, 3.63) is 70.8 Å². The minimum Gasteiger partial charge on any atom is -0.350 e. The van der Waals surface area contributed by atoms with Crippen LogP contribution in [0.5, 0.6) is 0 Å². The molecule has 0 unspecified atom stereocenters. The van der Waals surface area contributed by atoms with Crippen LogP contribution in [0.1, 0.15) is 45.7 Å². The zero-order chi connectivity index (χ0) is 20.3. The van der Waals surface area contributed by atoms with Crippen LogP contribution in [0.3, 0.4) is 0 Å². The normalized spacial score (nSPS) is 14.0. The van der Waals surface area contributed by atoms with Crippen LogP contribution in [0.25, 0.3) is 0 Å². The number of nitrogens with zero attached hydrogens (tertiary/aromatic N) is 1. The molecular weight excluding hydrogens is 358 g/mol. The molecule has 28 heavy (non-hydrogen) atoms. The van der Waals surface area contributed by atoms with E-state index in [1.54, 1.807) is 40.7 Å². The van der Waals surface area contributed by atoms with Crippen LogP contribution in [0, 0.1) is 5.92 Å². The molecule has 0 saturated heterocycles. The second-order valence-electron chi connectivity index (χ2n) is 7.13. The molecule has 1 heterocycles. The number of amides is 3. The van der Waals surface area contributed by atoms with E-state index in [2.05, 4.69) is 5.32 Å². The summed E-state index contributed by atoms with van der Waals surface area (Å²) >= 11 is 0. The van der Waals surface area contributed by atoms with Crippen LogP contribution in [-0.2, 0) is 17.9 Å². The van der Waals surface area contributed by atoms with Crippen molar-refractivity contribution in [2.45, 2.75) is 33.0 Å². The molecule has 0 aromatic heterocycles. The Kier molecular flexibility index (Phi) is 5.75. The standard InChI is InChI=1S/C21H23N3O4/c1-13(2)18(24-12-16-5-3-4-6-17(16)21(24)27)20(26)22-11-14-7-9-15(10-8-14)19(25)23-28/h3-10,13,18,28H,11-12H2,1-2H3,(H,22,26)(H,23,25)/t18-/m1/s1. The van der Waals surface area contributed by atoms with Gasteiger partial charge in [-0.15, -0.1) is 0 Å². The maximum atomic E-state index is 12.9. The van der Waals surface area contributed by atoms with Gasteiger partial charge in [0, 0.05) is 24.2 Å². The van der Waals surface area contributed by atoms with Crippen molar-refractivity contribution in [2.24, 2.45) is 5.92 Å². The Morgan fingerprint density at radius 1 is 1.11 bits per heavy atom. The highest BCUT2D eigenvalue weighted by Gasteiger charge is 2.37. The van der Waals surface area contributed by atoms with Crippen LogP contribution in [-0.4, -0.2) is 33.9 Å². The number of hydrogen-bond donors (Lipinski definition) is 3. The molecule has 2 aromatic rings. The summed E-state index contributed by atoms with van der Waals surface area (Å²) in [6.45, 7) is 4.54. The van der Waals surface area contributed by atoms with Gasteiger partial charge in [0.05, 0.1) is 0 Å². The van der Waals surface area contributed by atoms with E-state index in [0.717, 1.165) is 11.1 Å². The molecule has 0 aliphatic carbocycles. The third-order valence-electron chi connectivity index (χ3n) is 4.87. The summed E-state index contributed by atoms with van der Waals surface area (Å²) in [6.07, 6.45) is 0. The van der Waals surface area contributed by atoms with Crippen LogP contribution in [0.2, 0.25) is 0 Å². The first-order chi connectivity index (χ1) is 13.4. The first-order valence-electron chi connectivity index (χ1n) is 9.12. The van der Waals surface area contributed by atoms with Gasteiger partial charge in [-0.2, -0.15) is 0 Å². The van der Waals surface area contributed by atoms with Gasteiger partial charge in [0.2, 0.25) is 5.91 Å². The Morgan fingerprint density at radius 3 is 2.39 bits per heavy atom. The molecular formula is C21H23N3O4. The quantitative estimate of drug-likeness (QED) is 0.527. The van der Waals surface area contributed by atoms with Crippen molar-refractivity contribution in [3.8, 4) is 0 Å². The van der Waals surface area contributed by atoms with Crippen LogP contribution < -0.4 is 10.8 Å². The molecule has 3 amide bonds. The maximum Gasteiger partial charge on any atom is 0.274 e. The summed E-state index contributed by atoms with van der Waals surface area (Å²) in [6, 6.07) is 13.4. The number of fused-ring (bicyclic) bond motifs is 1. The Hall–Kier alpha value is -3.19. The van der Waals surface area contributed by atoms with E-state index < -0.39 is 11.9 Å².